The van der Waals surface area contributed by atoms with Crippen molar-refractivity contribution in [3.8, 4) is 12.3 Å². The van der Waals surface area contributed by atoms with Crippen LogP contribution in [0.1, 0.15) is 13.8 Å². The lowest BCUT2D eigenvalue weighted by Gasteiger charge is -2.10. The molecule has 2 rings (SSSR count). The van der Waals surface area contributed by atoms with Crippen LogP contribution in [0.5, 0.6) is 0 Å². The van der Waals surface area contributed by atoms with E-state index in [4.69, 9.17) is 6.42 Å². The van der Waals surface area contributed by atoms with E-state index < -0.39 is 0 Å². The lowest BCUT2D eigenvalue weighted by molar-refractivity contribution is 0.445. The third-order valence-corrected chi connectivity index (χ3v) is 2.97. The molecule has 0 heteroatoms. The Hall–Kier alpha value is -0.440. The first-order valence-corrected chi connectivity index (χ1v) is 3.19. The van der Waals surface area contributed by atoms with Gasteiger partial charge >= 0.3 is 0 Å². The fourth-order valence-corrected chi connectivity index (χ4v) is 2.21. The van der Waals surface area contributed by atoms with Crippen LogP contribution in [0.3, 0.4) is 0 Å². The topological polar surface area (TPSA) is 0 Å². The fourth-order valence-electron chi connectivity index (χ4n) is 2.21. The van der Waals surface area contributed by atoms with Crippen molar-refractivity contribution in [2.24, 2.45) is 23.2 Å². The van der Waals surface area contributed by atoms with Gasteiger partial charge in [0.25, 0.3) is 0 Å². The Morgan fingerprint density at radius 3 is 2.12 bits per heavy atom. The number of terminal acetylenes is 1. The highest BCUT2D eigenvalue weighted by atomic mass is 14.8. The van der Waals surface area contributed by atoms with Crippen LogP contribution in [0.2, 0.25) is 0 Å². The predicted octanol–water partition coefficient (Wildman–Crippen LogP) is 1.52. The monoisotopic (exact) mass is 106 g/mol. The van der Waals surface area contributed by atoms with Gasteiger partial charge < -0.3 is 0 Å². The number of fused-ring (bicyclic) bond motifs is 1. The zero-order chi connectivity index (χ0) is 5.94. The fraction of sp³-hybridized carbons (Fsp3) is 0.750. The van der Waals surface area contributed by atoms with Crippen molar-refractivity contribution in [2.45, 2.75) is 13.8 Å². The van der Waals surface area contributed by atoms with E-state index in [9.17, 15) is 0 Å². The normalized spacial score (nSPS) is 65.9. The molecule has 0 radical (unpaired) electrons. The zero-order valence-corrected chi connectivity index (χ0v) is 5.31. The molecule has 8 heavy (non-hydrogen) atoms. The first-order valence-electron chi connectivity index (χ1n) is 3.19. The van der Waals surface area contributed by atoms with Crippen LogP contribution in [0.25, 0.3) is 0 Å². The molecule has 2 unspecified atom stereocenters. The van der Waals surface area contributed by atoms with Crippen molar-refractivity contribution in [1.82, 2.24) is 0 Å². The largest absolute Gasteiger partial charge is 0.120 e. The van der Waals surface area contributed by atoms with Crippen LogP contribution in [-0.4, -0.2) is 0 Å². The molecule has 2 aliphatic carbocycles. The molecule has 2 saturated carbocycles. The molecule has 2 atom stereocenters. The maximum absolute atomic E-state index is 5.30. The van der Waals surface area contributed by atoms with Crippen molar-refractivity contribution in [1.29, 1.82) is 0 Å². The second-order valence-corrected chi connectivity index (χ2v) is 3.34. The Balaban J connectivity index is 2.14. The molecule has 0 aromatic rings. The van der Waals surface area contributed by atoms with E-state index in [-0.39, 0.29) is 0 Å². The molecule has 0 N–H and O–H groups in total. The highest BCUT2D eigenvalue weighted by molar-refractivity contribution is 5.35. The number of rotatable bonds is 0. The average Bonchev–Trinajstić information content (AvgIpc) is 2.57. The predicted molar refractivity (Wildman–Crippen MR) is 33.1 cm³/mol. The Bertz CT molecular complexity index is 163. The van der Waals surface area contributed by atoms with E-state index in [1.807, 2.05) is 0 Å². The van der Waals surface area contributed by atoms with Gasteiger partial charge in [-0.05, 0) is 24.7 Å². The summed E-state index contributed by atoms with van der Waals surface area (Å²) in [5.41, 5.74) is 0.347. The van der Waals surface area contributed by atoms with E-state index in [1.165, 1.54) is 0 Å². The Morgan fingerprint density at radius 1 is 1.50 bits per heavy atom. The maximum atomic E-state index is 5.30. The van der Waals surface area contributed by atoms with Gasteiger partial charge in [0.2, 0.25) is 0 Å². The van der Waals surface area contributed by atoms with Gasteiger partial charge in [0.15, 0.2) is 0 Å². The van der Waals surface area contributed by atoms with Gasteiger partial charge in [0.05, 0.1) is 0 Å². The molecule has 0 heterocycles. The molecule has 0 aromatic carbocycles. The maximum Gasteiger partial charge on any atom is 0.0352 e. The summed E-state index contributed by atoms with van der Waals surface area (Å²) in [6.07, 6.45) is 5.30. The van der Waals surface area contributed by atoms with Crippen molar-refractivity contribution in [2.75, 3.05) is 0 Å². The summed E-state index contributed by atoms with van der Waals surface area (Å²) < 4.78 is 0. The Morgan fingerprint density at radius 2 is 2.00 bits per heavy atom. The minimum atomic E-state index is 0.347. The molecular formula is C8H10. The first kappa shape index (κ1) is 4.44. The average molecular weight is 106 g/mol. The SMILES string of the molecule is C#CC1(C)C2C(C)C21. The summed E-state index contributed by atoms with van der Waals surface area (Å²) in [5, 5.41) is 0. The highest BCUT2D eigenvalue weighted by Gasteiger charge is 2.78. The molecule has 0 bridgehead atoms. The second kappa shape index (κ2) is 0.838. The molecule has 0 amide bonds. The summed E-state index contributed by atoms with van der Waals surface area (Å²) in [6, 6.07) is 0. The van der Waals surface area contributed by atoms with Crippen LogP contribution in [-0.2, 0) is 0 Å². The molecule has 2 aliphatic rings. The van der Waals surface area contributed by atoms with Gasteiger partial charge in [-0.3, -0.25) is 0 Å². The van der Waals surface area contributed by atoms with E-state index in [0.29, 0.717) is 5.41 Å². The van der Waals surface area contributed by atoms with E-state index >= 15 is 0 Å². The van der Waals surface area contributed by atoms with Gasteiger partial charge in [0, 0.05) is 5.41 Å². The molecular weight excluding hydrogens is 96.1 g/mol. The Labute approximate surface area is 50.3 Å². The zero-order valence-electron chi connectivity index (χ0n) is 5.31. The highest BCUT2D eigenvalue weighted by Crippen LogP contribution is 2.80. The molecule has 0 nitrogen and oxygen atoms in total. The molecule has 2 fully saturated rings. The van der Waals surface area contributed by atoms with E-state index in [1.54, 1.807) is 0 Å². The molecule has 0 saturated heterocycles. The lowest BCUT2D eigenvalue weighted by atomic mass is 9.93. The van der Waals surface area contributed by atoms with E-state index in [2.05, 4.69) is 19.8 Å². The van der Waals surface area contributed by atoms with Crippen LogP contribution >= 0.6 is 0 Å². The quantitative estimate of drug-likeness (QED) is 0.411. The Kier molecular flexibility index (Phi) is 0.465. The first-order chi connectivity index (χ1) is 3.72. The smallest absolute Gasteiger partial charge is 0.0352 e. The van der Waals surface area contributed by atoms with Crippen LogP contribution in [0.15, 0.2) is 0 Å². The van der Waals surface area contributed by atoms with Gasteiger partial charge in [-0.1, -0.05) is 12.8 Å². The van der Waals surface area contributed by atoms with Gasteiger partial charge in [0.1, 0.15) is 0 Å². The molecule has 42 valence electrons. The van der Waals surface area contributed by atoms with Gasteiger partial charge in [-0.25, -0.2) is 0 Å². The van der Waals surface area contributed by atoms with Crippen LogP contribution < -0.4 is 0 Å². The molecule has 0 aromatic heterocycles. The molecule has 0 spiro atoms. The molecule has 0 aliphatic heterocycles. The lowest BCUT2D eigenvalue weighted by Crippen LogP contribution is -2.07. The van der Waals surface area contributed by atoms with Crippen molar-refractivity contribution in [3.05, 3.63) is 0 Å². The van der Waals surface area contributed by atoms with Crippen molar-refractivity contribution < 1.29 is 0 Å². The second-order valence-electron chi connectivity index (χ2n) is 3.34. The van der Waals surface area contributed by atoms with Gasteiger partial charge in [-0.15, -0.1) is 6.42 Å². The number of hydrogen-bond donors (Lipinski definition) is 0. The summed E-state index contributed by atoms with van der Waals surface area (Å²) in [4.78, 5) is 0. The minimum absolute atomic E-state index is 0.347. The standard InChI is InChI=1S/C8H10/c1-4-8(3)6-5(2)7(6)8/h1,5-7H,2-3H3. The van der Waals surface area contributed by atoms with Crippen LogP contribution in [0, 0.1) is 35.5 Å². The minimum Gasteiger partial charge on any atom is -0.120 e. The van der Waals surface area contributed by atoms with Crippen molar-refractivity contribution in [3.63, 3.8) is 0 Å². The van der Waals surface area contributed by atoms with Crippen LogP contribution in [0.4, 0.5) is 0 Å². The summed E-state index contributed by atoms with van der Waals surface area (Å²) in [5.74, 6) is 5.62. The summed E-state index contributed by atoms with van der Waals surface area (Å²) in [6.45, 7) is 4.48. The third kappa shape index (κ3) is 0.227. The van der Waals surface area contributed by atoms with Gasteiger partial charge in [-0.2, -0.15) is 0 Å². The summed E-state index contributed by atoms with van der Waals surface area (Å²) >= 11 is 0. The van der Waals surface area contributed by atoms with E-state index in [0.717, 1.165) is 17.8 Å². The number of hydrogen-bond acceptors (Lipinski definition) is 0. The third-order valence-electron chi connectivity index (χ3n) is 2.97. The van der Waals surface area contributed by atoms with Crippen molar-refractivity contribution >= 4 is 0 Å². The summed E-state index contributed by atoms with van der Waals surface area (Å²) in [7, 11) is 0.